The van der Waals surface area contributed by atoms with E-state index in [-0.39, 0.29) is 0 Å². The van der Waals surface area contributed by atoms with Crippen molar-refractivity contribution in [1.29, 1.82) is 0 Å². The van der Waals surface area contributed by atoms with E-state index in [4.69, 9.17) is 9.97 Å². The Kier molecular flexibility index (Phi) is 10.1. The Morgan fingerprint density at radius 1 is 0.224 bits per heavy atom. The molecule has 0 aliphatic heterocycles. The van der Waals surface area contributed by atoms with Crippen molar-refractivity contribution in [2.45, 2.75) is 0 Å². The van der Waals surface area contributed by atoms with Crippen LogP contribution in [0.1, 0.15) is 0 Å². The van der Waals surface area contributed by atoms with Gasteiger partial charge in [0, 0.05) is 0 Å². The van der Waals surface area contributed by atoms with Crippen LogP contribution in [0.5, 0.6) is 0 Å². The Morgan fingerprint density at radius 2 is 0.526 bits per heavy atom. The lowest BCUT2D eigenvalue weighted by Gasteiger charge is -2.34. The lowest BCUT2D eigenvalue weighted by Crippen LogP contribution is -2.74. The van der Waals surface area contributed by atoms with Crippen LogP contribution in [0, 0.1) is 0 Å². The quantitative estimate of drug-likeness (QED) is 0.101. The van der Waals surface area contributed by atoms with Crippen LogP contribution in [-0.4, -0.2) is 44.1 Å². The van der Waals surface area contributed by atoms with Gasteiger partial charge in [-0.25, -0.2) is 9.97 Å². The number of fused-ring (bicyclic) bond motifs is 10. The fourth-order valence-electron chi connectivity index (χ4n) is 12.7. The lowest BCUT2D eigenvalue weighted by molar-refractivity contribution is 1.08. The Bertz CT molecular complexity index is 4140. The van der Waals surface area contributed by atoms with E-state index in [1.807, 2.05) is 0 Å². The molecule has 4 heterocycles. The average Bonchev–Trinajstić information content (AvgIpc) is 4.26. The van der Waals surface area contributed by atoms with Crippen molar-refractivity contribution in [1.82, 2.24) is 27.9 Å². The molecule has 15 aromatic rings. The van der Waals surface area contributed by atoms with Gasteiger partial charge in [0.1, 0.15) is 0 Å². The summed E-state index contributed by atoms with van der Waals surface area (Å²) in [4.78, 5) is 10.9. The maximum atomic E-state index is 5.44. The first-order valence-electron chi connectivity index (χ1n) is 26.0. The third-order valence-corrected chi connectivity index (χ3v) is 25.4. The third-order valence-electron chi connectivity index (χ3n) is 15.9. The molecule has 4 aromatic heterocycles. The van der Waals surface area contributed by atoms with Gasteiger partial charge in [-0.05, 0) is 108 Å². The predicted molar refractivity (Wildman–Crippen MR) is 320 cm³/mol. The number of rotatable bonds is 10. The molecule has 15 rings (SSSR count). The average molecular weight is 1010 g/mol. The van der Waals surface area contributed by atoms with E-state index in [2.05, 4.69) is 309 Å². The summed E-state index contributed by atoms with van der Waals surface area (Å²) in [7, 11) is -5.72. The summed E-state index contributed by atoms with van der Waals surface area (Å²) < 4.78 is 9.44. The molecule has 0 bridgehead atoms. The van der Waals surface area contributed by atoms with Crippen molar-refractivity contribution in [3.05, 3.63) is 291 Å². The number of aromatic nitrogens is 6. The second kappa shape index (κ2) is 17.5. The summed E-state index contributed by atoms with van der Waals surface area (Å²) in [5.41, 5.74) is 10.4. The molecule has 0 saturated carbocycles. The molecule has 6 nitrogen and oxygen atoms in total. The second-order valence-electron chi connectivity index (χ2n) is 19.8. The van der Waals surface area contributed by atoms with E-state index < -0.39 is 16.1 Å². The minimum Gasteiger partial charge on any atom is -0.278 e. The molecule has 0 N–H and O–H groups in total. The van der Waals surface area contributed by atoms with Crippen LogP contribution in [0.4, 0.5) is 0 Å². The maximum Gasteiger partial charge on any atom is 0.220 e. The van der Waals surface area contributed by atoms with Gasteiger partial charge in [0.15, 0.2) is 16.1 Å². The van der Waals surface area contributed by atoms with Gasteiger partial charge in [-0.15, -0.1) is 0 Å². The largest absolute Gasteiger partial charge is 0.278 e. The number of hydrogen-bond donors (Lipinski definition) is 0. The maximum absolute atomic E-state index is 5.44. The van der Waals surface area contributed by atoms with Crippen LogP contribution < -0.4 is 41.5 Å². The van der Waals surface area contributed by atoms with Gasteiger partial charge < -0.3 is 0 Å². The van der Waals surface area contributed by atoms with Gasteiger partial charge in [-0.1, -0.05) is 224 Å². The highest BCUT2D eigenvalue weighted by Gasteiger charge is 2.43. The van der Waals surface area contributed by atoms with Crippen molar-refractivity contribution in [2.75, 3.05) is 0 Å². The number of benzene rings is 11. The lowest BCUT2D eigenvalue weighted by atomic mass is 10.2. The summed E-state index contributed by atoms with van der Waals surface area (Å²) in [6.07, 6.45) is 0. The van der Waals surface area contributed by atoms with Gasteiger partial charge in [0.2, 0.25) is 11.6 Å². The first-order valence-corrected chi connectivity index (χ1v) is 30.0. The summed E-state index contributed by atoms with van der Waals surface area (Å²) in [5, 5.41) is 10.6. The van der Waals surface area contributed by atoms with Gasteiger partial charge in [-0.3, -0.25) is 17.9 Å². The highest BCUT2D eigenvalue weighted by molar-refractivity contribution is 7.20. The Labute approximate surface area is 441 Å². The van der Waals surface area contributed by atoms with Crippen molar-refractivity contribution in [2.24, 2.45) is 0 Å². The standard InChI is InChI=1S/C68H48N6Si2/c1-7-26-51(27-8-1)75(52-28-9-2-10-29-52,53-30-11-3-12-31-53)57-42-44-63-65(47-57)73-61-40-21-19-38-59(61)69-67(73)71(63)49-24-23-25-50(46-49)72-64-45-43-58(48-66(64)74-62-41-22-20-39-60(62)70-68(72)74)76(54-32-13-4-14-33-54,55-34-15-5-16-35-55)56-36-17-6-18-37-56/h1-48H. The zero-order chi connectivity index (χ0) is 50.2. The van der Waals surface area contributed by atoms with Gasteiger partial charge in [0.05, 0.1) is 55.5 Å². The van der Waals surface area contributed by atoms with E-state index in [9.17, 15) is 0 Å². The van der Waals surface area contributed by atoms with Gasteiger partial charge in [0.25, 0.3) is 0 Å². The molecule has 0 saturated heterocycles. The molecule has 8 heteroatoms. The number of para-hydroxylation sites is 4. The molecule has 0 amide bonds. The summed E-state index contributed by atoms with van der Waals surface area (Å²) >= 11 is 0. The first kappa shape index (κ1) is 43.9. The number of nitrogens with zero attached hydrogens (tertiary/aromatic N) is 6. The van der Waals surface area contributed by atoms with E-state index in [1.54, 1.807) is 0 Å². The fraction of sp³-hybridized carbons (Fsp3) is 0. The normalized spacial score (nSPS) is 12.2. The third kappa shape index (κ3) is 6.44. The zero-order valence-electron chi connectivity index (χ0n) is 41.4. The van der Waals surface area contributed by atoms with E-state index >= 15 is 0 Å². The minimum atomic E-state index is -2.86. The monoisotopic (exact) mass is 1000 g/mol. The minimum absolute atomic E-state index is 0.861. The fourth-order valence-corrected chi connectivity index (χ4v) is 22.2. The molecule has 0 unspecified atom stereocenters. The summed E-state index contributed by atoms with van der Waals surface area (Å²) in [6, 6.07) is 107. The molecule has 358 valence electrons. The zero-order valence-corrected chi connectivity index (χ0v) is 43.4. The number of hydrogen-bond acceptors (Lipinski definition) is 2. The SMILES string of the molecule is c1ccc([Si](c2ccccc2)(c2ccccc2)c2ccc3c(c2)n2c4ccccc4nc2n3-c2cccc(-n3c4ccc([Si](c5ccccc5)(c5ccccc5)c5ccccc5)cc4n4c5ccccc5nc34)c2)cc1. The van der Waals surface area contributed by atoms with Crippen LogP contribution in [0.15, 0.2) is 291 Å². The molecule has 0 fully saturated rings. The molecule has 0 spiro atoms. The van der Waals surface area contributed by atoms with Crippen molar-refractivity contribution in [3.63, 3.8) is 0 Å². The molecule has 0 atom stereocenters. The topological polar surface area (TPSA) is 44.5 Å². The second-order valence-corrected chi connectivity index (χ2v) is 27.4. The molecule has 0 aliphatic carbocycles. The van der Waals surface area contributed by atoms with E-state index in [0.717, 1.165) is 67.1 Å². The summed E-state index contributed by atoms with van der Waals surface area (Å²) in [6.45, 7) is 0. The summed E-state index contributed by atoms with van der Waals surface area (Å²) in [5.74, 6) is 1.72. The van der Waals surface area contributed by atoms with E-state index in [1.165, 1.54) is 41.5 Å². The van der Waals surface area contributed by atoms with Crippen molar-refractivity contribution in [3.8, 4) is 11.4 Å². The Hall–Kier alpha value is -9.61. The van der Waals surface area contributed by atoms with Crippen LogP contribution >= 0.6 is 0 Å². The highest BCUT2D eigenvalue weighted by atomic mass is 28.3. The van der Waals surface area contributed by atoms with Crippen molar-refractivity contribution < 1.29 is 0 Å². The van der Waals surface area contributed by atoms with E-state index in [0.29, 0.717) is 0 Å². The molecule has 0 radical (unpaired) electrons. The predicted octanol–water partition coefficient (Wildman–Crippen LogP) is 9.93. The van der Waals surface area contributed by atoms with Crippen molar-refractivity contribution >= 4 is 113 Å². The first-order chi connectivity index (χ1) is 37.7. The molecular weight excluding hydrogens is 957 g/mol. The molecule has 76 heavy (non-hydrogen) atoms. The highest BCUT2D eigenvalue weighted by Crippen LogP contribution is 2.33. The molecular formula is C68H48N6Si2. The van der Waals surface area contributed by atoms with Crippen LogP contribution in [0.25, 0.3) is 67.1 Å². The Morgan fingerprint density at radius 3 is 0.855 bits per heavy atom. The van der Waals surface area contributed by atoms with Crippen LogP contribution in [0.3, 0.4) is 0 Å². The molecule has 11 aromatic carbocycles. The van der Waals surface area contributed by atoms with Crippen LogP contribution in [0.2, 0.25) is 0 Å². The van der Waals surface area contributed by atoms with Gasteiger partial charge >= 0.3 is 0 Å². The smallest absolute Gasteiger partial charge is 0.220 e. The van der Waals surface area contributed by atoms with Gasteiger partial charge in [-0.2, -0.15) is 0 Å². The molecule has 0 aliphatic rings. The Balaban J connectivity index is 0.977. The number of imidazole rings is 4. The van der Waals surface area contributed by atoms with Crippen LogP contribution in [-0.2, 0) is 0 Å².